The Labute approximate surface area is 178 Å². The molecule has 0 saturated carbocycles. The first-order valence-electron chi connectivity index (χ1n) is 10.0. The molecule has 3 rings (SSSR count). The molecule has 0 atom stereocenters. The largest absolute Gasteiger partial charge is 0.494 e. The highest BCUT2D eigenvalue weighted by atomic mass is 19.1. The van der Waals surface area contributed by atoms with E-state index in [2.05, 4.69) is 5.32 Å². The maximum atomic E-state index is 13.3. The number of carbonyl (C=O) groups excluding carboxylic acids is 1. The maximum Gasteiger partial charge on any atom is 0.494 e. The van der Waals surface area contributed by atoms with Crippen LogP contribution >= 0.6 is 0 Å². The monoisotopic (exact) mass is 413 g/mol. The maximum absolute atomic E-state index is 13.3. The SMILES string of the molecule is CC(C)(C)OC(=O)c1ccc(B2OC(C)(C)C(C)(C)O2)cc1Nc1ccc(F)cc1. The lowest BCUT2D eigenvalue weighted by Gasteiger charge is -2.32. The van der Waals surface area contributed by atoms with Gasteiger partial charge in [-0.25, -0.2) is 9.18 Å². The molecule has 0 aromatic heterocycles. The molecule has 5 nitrogen and oxygen atoms in total. The number of anilines is 2. The van der Waals surface area contributed by atoms with Gasteiger partial charge < -0.3 is 19.4 Å². The van der Waals surface area contributed by atoms with Gasteiger partial charge in [-0.05, 0) is 90.3 Å². The van der Waals surface area contributed by atoms with Crippen LogP contribution in [-0.4, -0.2) is 29.9 Å². The van der Waals surface area contributed by atoms with E-state index >= 15 is 0 Å². The van der Waals surface area contributed by atoms with Crippen LogP contribution in [0.15, 0.2) is 42.5 Å². The van der Waals surface area contributed by atoms with Crippen molar-refractivity contribution in [3.8, 4) is 0 Å². The Bertz CT molecular complexity index is 919. The van der Waals surface area contributed by atoms with E-state index in [9.17, 15) is 9.18 Å². The molecule has 1 fully saturated rings. The minimum Gasteiger partial charge on any atom is -0.456 e. The predicted molar refractivity (Wildman–Crippen MR) is 117 cm³/mol. The third-order valence-electron chi connectivity index (χ3n) is 5.31. The molecular formula is C23H29BFNO4. The lowest BCUT2D eigenvalue weighted by atomic mass is 9.78. The van der Waals surface area contributed by atoms with Gasteiger partial charge in [0.2, 0.25) is 0 Å². The zero-order valence-corrected chi connectivity index (χ0v) is 18.6. The number of carbonyl (C=O) groups is 1. The Morgan fingerprint density at radius 3 is 2.10 bits per heavy atom. The molecule has 2 aromatic carbocycles. The summed E-state index contributed by atoms with van der Waals surface area (Å²) in [7, 11) is -0.573. The molecule has 160 valence electrons. The van der Waals surface area contributed by atoms with Gasteiger partial charge in [-0.1, -0.05) is 6.07 Å². The van der Waals surface area contributed by atoms with E-state index in [-0.39, 0.29) is 5.82 Å². The van der Waals surface area contributed by atoms with Gasteiger partial charge >= 0.3 is 13.1 Å². The number of halogens is 1. The zero-order valence-electron chi connectivity index (χ0n) is 18.6. The Hall–Kier alpha value is -2.38. The average Bonchev–Trinajstić information content (AvgIpc) is 2.83. The van der Waals surface area contributed by atoms with Gasteiger partial charge in [-0.15, -0.1) is 0 Å². The first kappa shape index (κ1) is 22.3. The lowest BCUT2D eigenvalue weighted by molar-refractivity contribution is 0.00578. The van der Waals surface area contributed by atoms with E-state index in [1.54, 1.807) is 24.3 Å². The van der Waals surface area contributed by atoms with Crippen LogP contribution in [0.2, 0.25) is 0 Å². The molecule has 0 spiro atoms. The molecule has 2 aromatic rings. The van der Waals surface area contributed by atoms with Crippen molar-refractivity contribution in [2.24, 2.45) is 0 Å². The number of rotatable bonds is 4. The van der Waals surface area contributed by atoms with Crippen LogP contribution in [0.3, 0.4) is 0 Å². The molecule has 1 heterocycles. The number of hydrogen-bond donors (Lipinski definition) is 1. The van der Waals surface area contributed by atoms with Crippen molar-refractivity contribution >= 4 is 29.9 Å². The lowest BCUT2D eigenvalue weighted by Crippen LogP contribution is -2.41. The van der Waals surface area contributed by atoms with Crippen LogP contribution < -0.4 is 10.8 Å². The Kier molecular flexibility index (Phi) is 5.73. The summed E-state index contributed by atoms with van der Waals surface area (Å²) in [5, 5.41) is 3.19. The van der Waals surface area contributed by atoms with Crippen molar-refractivity contribution in [3.05, 3.63) is 53.8 Å². The van der Waals surface area contributed by atoms with Crippen LogP contribution in [0.4, 0.5) is 15.8 Å². The van der Waals surface area contributed by atoms with E-state index < -0.39 is 29.9 Å². The number of esters is 1. The summed E-state index contributed by atoms with van der Waals surface area (Å²) in [5.41, 5.74) is 0.725. The zero-order chi connectivity index (χ0) is 22.3. The molecule has 0 unspecified atom stereocenters. The van der Waals surface area contributed by atoms with E-state index in [1.165, 1.54) is 12.1 Å². The first-order valence-corrected chi connectivity index (χ1v) is 10.0. The van der Waals surface area contributed by atoms with Crippen molar-refractivity contribution < 1.29 is 23.2 Å². The molecule has 30 heavy (non-hydrogen) atoms. The van der Waals surface area contributed by atoms with Crippen molar-refractivity contribution in [3.63, 3.8) is 0 Å². The highest BCUT2D eigenvalue weighted by Gasteiger charge is 2.51. The van der Waals surface area contributed by atoms with Gasteiger partial charge in [0, 0.05) is 5.69 Å². The molecule has 1 aliphatic heterocycles. The fourth-order valence-corrected chi connectivity index (χ4v) is 2.99. The second-order valence-corrected chi connectivity index (χ2v) is 9.53. The van der Waals surface area contributed by atoms with E-state index in [4.69, 9.17) is 14.0 Å². The van der Waals surface area contributed by atoms with Crippen LogP contribution in [0.1, 0.15) is 58.8 Å². The van der Waals surface area contributed by atoms with Gasteiger partial charge in [0.15, 0.2) is 0 Å². The van der Waals surface area contributed by atoms with Crippen molar-refractivity contribution in [1.82, 2.24) is 0 Å². The molecule has 1 aliphatic rings. The van der Waals surface area contributed by atoms with E-state index in [1.807, 2.05) is 54.5 Å². The summed E-state index contributed by atoms with van der Waals surface area (Å²) in [6.07, 6.45) is 0. The third kappa shape index (κ3) is 4.85. The molecule has 7 heteroatoms. The smallest absolute Gasteiger partial charge is 0.456 e. The number of hydrogen-bond acceptors (Lipinski definition) is 5. The van der Waals surface area contributed by atoms with E-state index in [0.717, 1.165) is 5.46 Å². The summed E-state index contributed by atoms with van der Waals surface area (Å²) in [4.78, 5) is 12.8. The van der Waals surface area contributed by atoms with Gasteiger partial charge in [0.1, 0.15) is 11.4 Å². The van der Waals surface area contributed by atoms with Crippen molar-refractivity contribution in [1.29, 1.82) is 0 Å². The molecule has 1 N–H and O–H groups in total. The fraction of sp³-hybridized carbons (Fsp3) is 0.435. The minimum absolute atomic E-state index is 0.334. The topological polar surface area (TPSA) is 56.8 Å². The van der Waals surface area contributed by atoms with Crippen LogP contribution in [0.25, 0.3) is 0 Å². The normalized spacial score (nSPS) is 17.7. The van der Waals surface area contributed by atoms with Gasteiger partial charge in [-0.3, -0.25) is 0 Å². The summed E-state index contributed by atoms with van der Waals surface area (Å²) in [5.74, 6) is -0.786. The van der Waals surface area contributed by atoms with E-state index in [0.29, 0.717) is 16.9 Å². The number of benzene rings is 2. The molecule has 0 radical (unpaired) electrons. The van der Waals surface area contributed by atoms with Crippen LogP contribution in [0, 0.1) is 5.82 Å². The Morgan fingerprint density at radius 1 is 1.00 bits per heavy atom. The predicted octanol–water partition coefficient (Wildman–Crippen LogP) is 4.82. The molecular weight excluding hydrogens is 384 g/mol. The van der Waals surface area contributed by atoms with Crippen LogP contribution in [-0.2, 0) is 14.0 Å². The second kappa shape index (κ2) is 7.71. The fourth-order valence-electron chi connectivity index (χ4n) is 2.99. The van der Waals surface area contributed by atoms with Gasteiger partial charge in [-0.2, -0.15) is 0 Å². The van der Waals surface area contributed by atoms with Gasteiger partial charge in [0.05, 0.1) is 22.5 Å². The highest BCUT2D eigenvalue weighted by molar-refractivity contribution is 6.62. The molecule has 0 bridgehead atoms. The highest BCUT2D eigenvalue weighted by Crippen LogP contribution is 2.37. The Balaban J connectivity index is 1.97. The standard InChI is InChI=1S/C23H29BFNO4/c1-21(2,3)28-20(27)18-13-8-15(24-29-22(4,5)23(6,7)30-24)14-19(18)26-17-11-9-16(25)10-12-17/h8-14,26H,1-7H3. The first-order chi connectivity index (χ1) is 13.8. The number of nitrogens with one attached hydrogen (secondary N) is 1. The van der Waals surface area contributed by atoms with Crippen molar-refractivity contribution in [2.45, 2.75) is 65.3 Å². The van der Waals surface area contributed by atoms with Gasteiger partial charge in [0.25, 0.3) is 0 Å². The quantitative estimate of drug-likeness (QED) is 0.575. The summed E-state index contributed by atoms with van der Waals surface area (Å²) >= 11 is 0. The Morgan fingerprint density at radius 2 is 1.57 bits per heavy atom. The van der Waals surface area contributed by atoms with Crippen molar-refractivity contribution in [2.75, 3.05) is 5.32 Å². The second-order valence-electron chi connectivity index (χ2n) is 9.53. The summed E-state index contributed by atoms with van der Waals surface area (Å²) in [6, 6.07) is 11.2. The summed E-state index contributed by atoms with van der Waals surface area (Å²) in [6.45, 7) is 13.4. The third-order valence-corrected chi connectivity index (χ3v) is 5.31. The molecule has 0 aliphatic carbocycles. The molecule has 1 saturated heterocycles. The van der Waals surface area contributed by atoms with Crippen LogP contribution in [0.5, 0.6) is 0 Å². The number of ether oxygens (including phenoxy) is 1. The average molecular weight is 413 g/mol. The minimum atomic E-state index is -0.630. The summed E-state index contributed by atoms with van der Waals surface area (Å²) < 4.78 is 31.1. The molecule has 0 amide bonds.